The molecule has 1 aliphatic rings. The molecule has 1 fully saturated rings. The molecule has 1 heterocycles. The van der Waals surface area contributed by atoms with Gasteiger partial charge in [0.2, 0.25) is 0 Å². The number of hydrogen-bond donors (Lipinski definition) is 2. The van der Waals surface area contributed by atoms with Crippen LogP contribution in [0.3, 0.4) is 0 Å². The van der Waals surface area contributed by atoms with Gasteiger partial charge in [0.1, 0.15) is 0 Å². The van der Waals surface area contributed by atoms with Gasteiger partial charge in [-0.2, -0.15) is 4.99 Å². The van der Waals surface area contributed by atoms with Crippen LogP contribution in [0.5, 0.6) is 0 Å². The van der Waals surface area contributed by atoms with Gasteiger partial charge < -0.3 is 16.0 Å². The molecule has 0 bridgehead atoms. The van der Waals surface area contributed by atoms with Crippen molar-refractivity contribution in [1.29, 1.82) is 0 Å². The molecule has 0 saturated carbocycles. The number of benzene rings is 1. The largest absolute Gasteiger partial charge is 0.369 e. The molecule has 0 atom stereocenters. The van der Waals surface area contributed by atoms with Crippen LogP contribution in [0, 0.1) is 0 Å². The molecular weight excluding hydrogens is 282 g/mol. The lowest BCUT2D eigenvalue weighted by Gasteiger charge is -2.35. The molecular formula is C15H23N5S. The van der Waals surface area contributed by atoms with Gasteiger partial charge in [-0.1, -0.05) is 30.3 Å². The van der Waals surface area contributed by atoms with Crippen LogP contribution in [0.4, 0.5) is 0 Å². The van der Waals surface area contributed by atoms with E-state index in [1.165, 1.54) is 5.56 Å². The Hall–Kier alpha value is -1.66. The van der Waals surface area contributed by atoms with Crippen LogP contribution < -0.4 is 11.1 Å². The fraction of sp³-hybridized carbons (Fsp3) is 0.467. The van der Waals surface area contributed by atoms with Crippen LogP contribution in [0.15, 0.2) is 35.3 Å². The van der Waals surface area contributed by atoms with Gasteiger partial charge in [-0.15, -0.1) is 0 Å². The van der Waals surface area contributed by atoms with E-state index < -0.39 is 0 Å². The molecule has 0 unspecified atom stereocenters. The molecule has 0 radical (unpaired) electrons. The number of piperazine rings is 1. The number of rotatable bonds is 3. The lowest BCUT2D eigenvalue weighted by Crippen LogP contribution is -2.51. The van der Waals surface area contributed by atoms with E-state index in [0.717, 1.165) is 39.3 Å². The van der Waals surface area contributed by atoms with Gasteiger partial charge >= 0.3 is 0 Å². The number of thiocarbonyl (C=S) groups is 1. The summed E-state index contributed by atoms with van der Waals surface area (Å²) in [5.41, 5.74) is 7.36. The summed E-state index contributed by atoms with van der Waals surface area (Å²) in [6, 6.07) is 10.5. The van der Waals surface area contributed by atoms with Crippen LogP contribution >= 0.6 is 12.2 Å². The highest BCUT2D eigenvalue weighted by atomic mass is 32.1. The Bertz CT molecular complexity index is 480. The topological polar surface area (TPSA) is 56.9 Å². The molecule has 5 nitrogen and oxygen atoms in total. The van der Waals surface area contributed by atoms with E-state index in [2.05, 4.69) is 44.4 Å². The van der Waals surface area contributed by atoms with Crippen molar-refractivity contribution in [3.63, 3.8) is 0 Å². The minimum Gasteiger partial charge on any atom is -0.369 e. The minimum absolute atomic E-state index is 0.460. The summed E-state index contributed by atoms with van der Waals surface area (Å²) in [6.07, 6.45) is 0. The monoisotopic (exact) mass is 305 g/mol. The summed E-state index contributed by atoms with van der Waals surface area (Å²) < 4.78 is 0. The van der Waals surface area contributed by atoms with Gasteiger partial charge in [-0.05, 0) is 24.7 Å². The van der Waals surface area contributed by atoms with Crippen molar-refractivity contribution >= 4 is 23.3 Å². The number of guanidine groups is 1. The zero-order valence-corrected chi connectivity index (χ0v) is 13.3. The molecule has 3 N–H and O–H groups in total. The van der Waals surface area contributed by atoms with Gasteiger partial charge in [0, 0.05) is 39.3 Å². The average molecular weight is 305 g/mol. The summed E-state index contributed by atoms with van der Waals surface area (Å²) >= 11 is 5.09. The molecule has 1 aromatic rings. The van der Waals surface area contributed by atoms with E-state index >= 15 is 0 Å². The Morgan fingerprint density at radius 2 is 1.90 bits per heavy atom. The molecule has 0 aliphatic carbocycles. The SMILES string of the molecule is CCNC(=S)N=C(N)N1CCN(Cc2ccccc2)CC1. The van der Waals surface area contributed by atoms with E-state index in [-0.39, 0.29) is 0 Å². The average Bonchev–Trinajstić information content (AvgIpc) is 2.49. The second kappa shape index (κ2) is 7.95. The highest BCUT2D eigenvalue weighted by Gasteiger charge is 2.18. The first-order valence-electron chi connectivity index (χ1n) is 7.32. The normalized spacial score (nSPS) is 16.8. The zero-order chi connectivity index (χ0) is 15.1. The summed E-state index contributed by atoms with van der Waals surface area (Å²) in [7, 11) is 0. The first kappa shape index (κ1) is 15.7. The van der Waals surface area contributed by atoms with Gasteiger partial charge in [-0.3, -0.25) is 4.90 Å². The third-order valence-corrected chi connectivity index (χ3v) is 3.73. The van der Waals surface area contributed by atoms with Crippen molar-refractivity contribution in [1.82, 2.24) is 15.1 Å². The number of nitrogens with two attached hydrogens (primary N) is 1. The number of hydrogen-bond acceptors (Lipinski definition) is 2. The standard InChI is InChI=1S/C15H23N5S/c1-2-17-15(21)18-14(16)20-10-8-19(9-11-20)12-13-6-4-3-5-7-13/h3-7H,2,8-12H2,1H3,(H3,16,17,18,21). The second-order valence-corrected chi connectivity index (χ2v) is 5.44. The summed E-state index contributed by atoms with van der Waals surface area (Å²) in [5, 5.41) is 3.44. The molecule has 0 aromatic heterocycles. The van der Waals surface area contributed by atoms with Gasteiger partial charge in [0.05, 0.1) is 0 Å². The quantitative estimate of drug-likeness (QED) is 0.496. The van der Waals surface area contributed by atoms with E-state index in [9.17, 15) is 0 Å². The Balaban J connectivity index is 1.81. The van der Waals surface area contributed by atoms with E-state index in [1.54, 1.807) is 0 Å². The predicted molar refractivity (Wildman–Crippen MR) is 91.2 cm³/mol. The fourth-order valence-corrected chi connectivity index (χ4v) is 2.58. The maximum absolute atomic E-state index is 6.01. The Morgan fingerprint density at radius 3 is 2.52 bits per heavy atom. The van der Waals surface area contributed by atoms with Crippen LogP contribution in [0.25, 0.3) is 0 Å². The summed E-state index contributed by atoms with van der Waals surface area (Å²) in [4.78, 5) is 8.74. The van der Waals surface area contributed by atoms with Crippen LogP contribution in [0.1, 0.15) is 12.5 Å². The van der Waals surface area contributed by atoms with E-state index in [1.807, 2.05) is 13.0 Å². The molecule has 1 aromatic carbocycles. The van der Waals surface area contributed by atoms with Crippen molar-refractivity contribution in [3.05, 3.63) is 35.9 Å². The molecule has 6 heteroatoms. The Kier molecular flexibility index (Phi) is 5.95. The van der Waals surface area contributed by atoms with Crippen LogP contribution in [0.2, 0.25) is 0 Å². The van der Waals surface area contributed by atoms with Crippen molar-refractivity contribution in [3.8, 4) is 0 Å². The van der Waals surface area contributed by atoms with Crippen LogP contribution in [-0.2, 0) is 6.54 Å². The van der Waals surface area contributed by atoms with Gasteiger partial charge in [0.25, 0.3) is 0 Å². The molecule has 1 saturated heterocycles. The summed E-state index contributed by atoms with van der Waals surface area (Å²) in [5.74, 6) is 0.514. The molecule has 1 aliphatic heterocycles. The summed E-state index contributed by atoms with van der Waals surface area (Å²) in [6.45, 7) is 7.48. The number of nitrogens with zero attached hydrogens (tertiary/aromatic N) is 3. The Morgan fingerprint density at radius 1 is 1.24 bits per heavy atom. The Labute approximate surface area is 131 Å². The van der Waals surface area contributed by atoms with Crippen molar-refractivity contribution in [2.45, 2.75) is 13.5 Å². The minimum atomic E-state index is 0.460. The third-order valence-electron chi connectivity index (χ3n) is 3.49. The highest BCUT2D eigenvalue weighted by Crippen LogP contribution is 2.08. The molecule has 2 rings (SSSR count). The first-order valence-corrected chi connectivity index (χ1v) is 7.73. The lowest BCUT2D eigenvalue weighted by atomic mass is 10.2. The van der Waals surface area contributed by atoms with Gasteiger partial charge in [0.15, 0.2) is 11.1 Å². The van der Waals surface area contributed by atoms with Crippen molar-refractivity contribution in [2.24, 2.45) is 10.7 Å². The van der Waals surface area contributed by atoms with Crippen molar-refractivity contribution in [2.75, 3.05) is 32.7 Å². The van der Waals surface area contributed by atoms with E-state index in [4.69, 9.17) is 18.0 Å². The van der Waals surface area contributed by atoms with Gasteiger partial charge in [-0.25, -0.2) is 0 Å². The maximum atomic E-state index is 6.01. The van der Waals surface area contributed by atoms with E-state index in [0.29, 0.717) is 11.1 Å². The number of nitrogens with one attached hydrogen (secondary N) is 1. The predicted octanol–water partition coefficient (Wildman–Crippen LogP) is 1.01. The lowest BCUT2D eigenvalue weighted by molar-refractivity contribution is 0.174. The smallest absolute Gasteiger partial charge is 0.198 e. The zero-order valence-electron chi connectivity index (χ0n) is 12.5. The molecule has 114 valence electrons. The first-order chi connectivity index (χ1) is 10.2. The molecule has 0 amide bonds. The number of aliphatic imine (C=N–C) groups is 1. The highest BCUT2D eigenvalue weighted by molar-refractivity contribution is 7.80. The maximum Gasteiger partial charge on any atom is 0.198 e. The second-order valence-electron chi connectivity index (χ2n) is 5.05. The third kappa shape index (κ3) is 4.99. The van der Waals surface area contributed by atoms with Crippen LogP contribution in [-0.4, -0.2) is 53.6 Å². The molecule has 0 spiro atoms. The molecule has 21 heavy (non-hydrogen) atoms. The fourth-order valence-electron chi connectivity index (χ4n) is 2.34. The van der Waals surface area contributed by atoms with Crippen molar-refractivity contribution < 1.29 is 0 Å².